The van der Waals surface area contributed by atoms with Gasteiger partial charge >= 0.3 is 0 Å². The van der Waals surface area contributed by atoms with E-state index in [9.17, 15) is 8.42 Å². The third-order valence-corrected chi connectivity index (χ3v) is 6.25. The lowest BCUT2D eigenvalue weighted by atomic mass is 10.2. The number of fused-ring (bicyclic) bond motifs is 1. The first-order chi connectivity index (χ1) is 11.4. The SMILES string of the molecule is CCOCc1nnc2n1CCN(S(=O)(=O)c1ccc(C)cc1)[C@H]2C. The van der Waals surface area contributed by atoms with Crippen LogP contribution in [-0.2, 0) is 27.9 Å². The molecule has 1 aromatic carbocycles. The molecule has 7 nitrogen and oxygen atoms in total. The Kier molecular flexibility index (Phi) is 4.71. The molecule has 0 N–H and O–H groups in total. The fourth-order valence-corrected chi connectivity index (χ4v) is 4.48. The van der Waals surface area contributed by atoms with E-state index in [-0.39, 0.29) is 6.04 Å². The third-order valence-electron chi connectivity index (χ3n) is 4.27. The largest absolute Gasteiger partial charge is 0.374 e. The van der Waals surface area contributed by atoms with Crippen LogP contribution >= 0.6 is 0 Å². The van der Waals surface area contributed by atoms with Crippen molar-refractivity contribution in [1.82, 2.24) is 19.1 Å². The molecule has 0 saturated carbocycles. The van der Waals surface area contributed by atoms with Gasteiger partial charge in [-0.25, -0.2) is 8.42 Å². The van der Waals surface area contributed by atoms with Gasteiger partial charge in [-0.05, 0) is 32.9 Å². The predicted molar refractivity (Wildman–Crippen MR) is 88.8 cm³/mol. The van der Waals surface area contributed by atoms with Crippen molar-refractivity contribution in [2.24, 2.45) is 0 Å². The van der Waals surface area contributed by atoms with Gasteiger partial charge in [-0.1, -0.05) is 17.7 Å². The van der Waals surface area contributed by atoms with E-state index in [0.717, 1.165) is 11.4 Å². The van der Waals surface area contributed by atoms with Gasteiger partial charge in [0, 0.05) is 19.7 Å². The summed E-state index contributed by atoms with van der Waals surface area (Å²) in [7, 11) is -3.56. The second-order valence-corrected chi connectivity index (χ2v) is 7.76. The number of nitrogens with zero attached hydrogens (tertiary/aromatic N) is 4. The summed E-state index contributed by atoms with van der Waals surface area (Å²) in [5.74, 6) is 1.40. The number of aromatic nitrogens is 3. The maximum absolute atomic E-state index is 12.9. The van der Waals surface area contributed by atoms with Gasteiger partial charge in [0.2, 0.25) is 10.0 Å². The Morgan fingerprint density at radius 3 is 2.58 bits per heavy atom. The Labute approximate surface area is 142 Å². The monoisotopic (exact) mass is 350 g/mol. The lowest BCUT2D eigenvalue weighted by Crippen LogP contribution is -2.41. The lowest BCUT2D eigenvalue weighted by Gasteiger charge is -2.32. The molecule has 0 unspecified atom stereocenters. The topological polar surface area (TPSA) is 77.3 Å². The van der Waals surface area contributed by atoms with E-state index in [0.29, 0.717) is 37.0 Å². The highest BCUT2D eigenvalue weighted by atomic mass is 32.2. The van der Waals surface area contributed by atoms with E-state index in [1.807, 2.05) is 37.5 Å². The summed E-state index contributed by atoms with van der Waals surface area (Å²) < 4.78 is 34.7. The zero-order chi connectivity index (χ0) is 17.3. The summed E-state index contributed by atoms with van der Waals surface area (Å²) in [5.41, 5.74) is 1.03. The van der Waals surface area contributed by atoms with Crippen LogP contribution in [-0.4, -0.2) is 40.6 Å². The molecule has 8 heteroatoms. The molecular weight excluding hydrogens is 328 g/mol. The van der Waals surface area contributed by atoms with Crippen molar-refractivity contribution in [2.75, 3.05) is 13.2 Å². The van der Waals surface area contributed by atoms with Gasteiger partial charge in [-0.2, -0.15) is 4.31 Å². The molecule has 24 heavy (non-hydrogen) atoms. The van der Waals surface area contributed by atoms with Crippen molar-refractivity contribution in [3.05, 3.63) is 41.5 Å². The summed E-state index contributed by atoms with van der Waals surface area (Å²) in [6, 6.07) is 6.55. The first kappa shape index (κ1) is 17.1. The van der Waals surface area contributed by atoms with Gasteiger partial charge in [0.25, 0.3) is 0 Å². The molecular formula is C16H22N4O3S. The van der Waals surface area contributed by atoms with Gasteiger partial charge < -0.3 is 9.30 Å². The van der Waals surface area contributed by atoms with Crippen LogP contribution in [0.4, 0.5) is 0 Å². The quantitative estimate of drug-likeness (QED) is 0.823. The van der Waals surface area contributed by atoms with Crippen molar-refractivity contribution >= 4 is 10.0 Å². The summed E-state index contributed by atoms with van der Waals surface area (Å²) in [5, 5.41) is 8.34. The molecule has 2 heterocycles. The lowest BCUT2D eigenvalue weighted by molar-refractivity contribution is 0.123. The Balaban J connectivity index is 1.89. The number of hydrogen-bond donors (Lipinski definition) is 0. The molecule has 0 fully saturated rings. The average molecular weight is 350 g/mol. The predicted octanol–water partition coefficient (Wildman–Crippen LogP) is 1.89. The Hall–Kier alpha value is -1.77. The van der Waals surface area contributed by atoms with Crippen molar-refractivity contribution in [3.63, 3.8) is 0 Å². The smallest absolute Gasteiger partial charge is 0.243 e. The zero-order valence-electron chi connectivity index (χ0n) is 14.1. The minimum Gasteiger partial charge on any atom is -0.374 e. The van der Waals surface area contributed by atoms with E-state index < -0.39 is 10.0 Å². The average Bonchev–Trinajstić information content (AvgIpc) is 2.97. The molecule has 0 radical (unpaired) electrons. The van der Waals surface area contributed by atoms with Crippen molar-refractivity contribution in [2.45, 2.75) is 44.9 Å². The third kappa shape index (κ3) is 2.97. The molecule has 0 saturated heterocycles. The number of benzene rings is 1. The van der Waals surface area contributed by atoms with E-state index in [2.05, 4.69) is 10.2 Å². The van der Waals surface area contributed by atoms with E-state index in [4.69, 9.17) is 4.74 Å². The molecule has 0 amide bonds. The molecule has 0 spiro atoms. The van der Waals surface area contributed by atoms with Crippen molar-refractivity contribution in [1.29, 1.82) is 0 Å². The molecule has 1 aliphatic heterocycles. The molecule has 1 aliphatic rings. The summed E-state index contributed by atoms with van der Waals surface area (Å²) in [4.78, 5) is 0.308. The fraction of sp³-hybridized carbons (Fsp3) is 0.500. The summed E-state index contributed by atoms with van der Waals surface area (Å²) in [6.45, 7) is 7.61. The van der Waals surface area contributed by atoms with Crippen LogP contribution in [0.2, 0.25) is 0 Å². The minimum atomic E-state index is -3.56. The Morgan fingerprint density at radius 2 is 1.92 bits per heavy atom. The van der Waals surface area contributed by atoms with E-state index >= 15 is 0 Å². The summed E-state index contributed by atoms with van der Waals surface area (Å²) >= 11 is 0. The number of rotatable bonds is 5. The van der Waals surface area contributed by atoms with Gasteiger partial charge in [-0.15, -0.1) is 10.2 Å². The molecule has 0 bridgehead atoms. The maximum atomic E-state index is 12.9. The number of ether oxygens (including phenoxy) is 1. The normalized spacial score (nSPS) is 18.5. The second-order valence-electron chi connectivity index (χ2n) is 5.87. The standard InChI is InChI=1S/C16H22N4O3S/c1-4-23-11-15-17-18-16-13(3)20(10-9-19(15)16)24(21,22)14-7-5-12(2)6-8-14/h5-8,13H,4,9-11H2,1-3H3/t13-/m0/s1. The highest BCUT2D eigenvalue weighted by molar-refractivity contribution is 7.89. The van der Waals surface area contributed by atoms with Gasteiger partial charge in [-0.3, -0.25) is 0 Å². The van der Waals surface area contributed by atoms with Crippen LogP contribution in [0.15, 0.2) is 29.2 Å². The van der Waals surface area contributed by atoms with Crippen LogP contribution in [0, 0.1) is 6.92 Å². The van der Waals surface area contributed by atoms with Crippen LogP contribution in [0.5, 0.6) is 0 Å². The van der Waals surface area contributed by atoms with Gasteiger partial charge in [0.05, 0.1) is 10.9 Å². The fourth-order valence-electron chi connectivity index (χ4n) is 2.90. The van der Waals surface area contributed by atoms with Crippen molar-refractivity contribution < 1.29 is 13.2 Å². The van der Waals surface area contributed by atoms with E-state index in [1.165, 1.54) is 4.31 Å². The molecule has 1 atom stereocenters. The Bertz CT molecular complexity index is 814. The van der Waals surface area contributed by atoms with Gasteiger partial charge in [0.15, 0.2) is 11.6 Å². The van der Waals surface area contributed by atoms with Crippen LogP contribution < -0.4 is 0 Å². The Morgan fingerprint density at radius 1 is 1.21 bits per heavy atom. The van der Waals surface area contributed by atoms with Crippen LogP contribution in [0.3, 0.4) is 0 Å². The summed E-state index contributed by atoms with van der Waals surface area (Å²) in [6.07, 6.45) is 0. The van der Waals surface area contributed by atoms with Crippen molar-refractivity contribution in [3.8, 4) is 0 Å². The number of sulfonamides is 1. The molecule has 3 rings (SSSR count). The van der Waals surface area contributed by atoms with Gasteiger partial charge in [0.1, 0.15) is 6.61 Å². The minimum absolute atomic E-state index is 0.308. The molecule has 0 aliphatic carbocycles. The molecule has 130 valence electrons. The molecule has 1 aromatic heterocycles. The molecule has 2 aromatic rings. The highest BCUT2D eigenvalue weighted by Gasteiger charge is 2.36. The first-order valence-electron chi connectivity index (χ1n) is 8.03. The van der Waals surface area contributed by atoms with Crippen LogP contribution in [0.1, 0.15) is 37.1 Å². The number of hydrogen-bond acceptors (Lipinski definition) is 5. The highest BCUT2D eigenvalue weighted by Crippen LogP contribution is 2.30. The first-order valence-corrected chi connectivity index (χ1v) is 9.47. The van der Waals surface area contributed by atoms with E-state index in [1.54, 1.807) is 12.1 Å². The zero-order valence-corrected chi connectivity index (χ0v) is 15.0. The second kappa shape index (κ2) is 6.62. The maximum Gasteiger partial charge on any atom is 0.243 e. The number of aryl methyl sites for hydroxylation is 1. The van der Waals surface area contributed by atoms with Crippen LogP contribution in [0.25, 0.3) is 0 Å².